The molecule has 1 aliphatic rings. The van der Waals surface area contributed by atoms with Gasteiger partial charge in [-0.3, -0.25) is 4.79 Å². The van der Waals surface area contributed by atoms with E-state index in [4.69, 9.17) is 0 Å². The normalized spacial score (nSPS) is 19.0. The number of hydrogen-bond donors (Lipinski definition) is 1. The van der Waals surface area contributed by atoms with Gasteiger partial charge in [-0.15, -0.1) is 0 Å². The molecule has 0 aromatic heterocycles. The number of Topliss-reactive ketones (excluding diaryl/α,β-unsaturated/α-hetero) is 1. The van der Waals surface area contributed by atoms with Gasteiger partial charge in [-0.1, -0.05) is 13.0 Å². The molecular weight excluding hydrogens is 188 g/mol. The summed E-state index contributed by atoms with van der Waals surface area (Å²) >= 11 is 0. The molecule has 2 rings (SSSR count). The van der Waals surface area contributed by atoms with Gasteiger partial charge in [-0.2, -0.15) is 0 Å². The number of rotatable bonds is 2. The fraction of sp³-hybridized carbons (Fsp3) is 0.462. The van der Waals surface area contributed by atoms with E-state index in [0.29, 0.717) is 6.42 Å². The Bertz CT molecular complexity index is 407. The highest BCUT2D eigenvalue weighted by atomic mass is 16.3. The molecule has 1 N–H and O–H groups in total. The van der Waals surface area contributed by atoms with Gasteiger partial charge in [0.05, 0.1) is 6.10 Å². The summed E-state index contributed by atoms with van der Waals surface area (Å²) in [4.78, 5) is 11.4. The van der Waals surface area contributed by atoms with E-state index in [-0.39, 0.29) is 11.9 Å². The lowest BCUT2D eigenvalue weighted by Gasteiger charge is -2.08. The van der Waals surface area contributed by atoms with Crippen LogP contribution >= 0.6 is 0 Å². The molecule has 2 heteroatoms. The Morgan fingerprint density at radius 1 is 1.40 bits per heavy atom. The molecule has 1 aromatic carbocycles. The zero-order chi connectivity index (χ0) is 11.0. The number of aliphatic hydroxyl groups excluding tert-OH is 1. The number of carbonyl (C=O) groups excluding carboxylic acids is 1. The maximum absolute atomic E-state index is 11.4. The van der Waals surface area contributed by atoms with Crippen LogP contribution in [0.2, 0.25) is 0 Å². The van der Waals surface area contributed by atoms with Crippen molar-refractivity contribution in [1.29, 1.82) is 0 Å². The first-order valence-electron chi connectivity index (χ1n) is 5.45. The molecule has 80 valence electrons. The summed E-state index contributed by atoms with van der Waals surface area (Å²) in [5.41, 5.74) is 4.29. The monoisotopic (exact) mass is 204 g/mol. The fourth-order valence-electron chi connectivity index (χ4n) is 2.32. The maximum Gasteiger partial charge on any atom is 0.160 e. The Kier molecular flexibility index (Phi) is 2.61. The van der Waals surface area contributed by atoms with Crippen LogP contribution in [0.1, 0.15) is 40.9 Å². The molecule has 1 atom stereocenters. The number of fused-ring (bicyclic) bond motifs is 1. The van der Waals surface area contributed by atoms with Gasteiger partial charge in [-0.25, -0.2) is 0 Å². The number of hydrogen-bond acceptors (Lipinski definition) is 2. The van der Waals surface area contributed by atoms with Crippen molar-refractivity contribution < 1.29 is 9.90 Å². The van der Waals surface area contributed by atoms with Crippen LogP contribution in [0.5, 0.6) is 0 Å². The lowest BCUT2D eigenvalue weighted by atomic mass is 9.96. The van der Waals surface area contributed by atoms with Gasteiger partial charge in [0.25, 0.3) is 0 Å². The number of carbonyl (C=O) groups is 1. The highest BCUT2D eigenvalue weighted by Crippen LogP contribution is 2.26. The molecule has 0 radical (unpaired) electrons. The minimum atomic E-state index is -0.257. The van der Waals surface area contributed by atoms with Crippen LogP contribution in [0.15, 0.2) is 12.1 Å². The Balaban J connectivity index is 2.50. The predicted octanol–water partition coefficient (Wildman–Crippen LogP) is 1.91. The summed E-state index contributed by atoms with van der Waals surface area (Å²) in [6.45, 7) is 3.66. The second kappa shape index (κ2) is 3.78. The largest absolute Gasteiger partial charge is 0.392 e. The molecule has 0 amide bonds. The van der Waals surface area contributed by atoms with Gasteiger partial charge in [0.2, 0.25) is 0 Å². The van der Waals surface area contributed by atoms with Crippen molar-refractivity contribution in [3.05, 3.63) is 34.4 Å². The molecule has 0 fully saturated rings. The number of ketones is 1. The summed E-state index contributed by atoms with van der Waals surface area (Å²) in [6, 6.07) is 4.05. The highest BCUT2D eigenvalue weighted by molar-refractivity contribution is 5.96. The van der Waals surface area contributed by atoms with Gasteiger partial charge in [-0.05, 0) is 48.9 Å². The predicted molar refractivity (Wildman–Crippen MR) is 59.2 cm³/mol. The summed E-state index contributed by atoms with van der Waals surface area (Å²) in [7, 11) is 0. The molecule has 1 aliphatic carbocycles. The van der Waals surface area contributed by atoms with Crippen LogP contribution in [0.3, 0.4) is 0 Å². The second-order valence-electron chi connectivity index (χ2n) is 4.25. The Morgan fingerprint density at radius 3 is 2.53 bits per heavy atom. The van der Waals surface area contributed by atoms with Crippen LogP contribution in [0.4, 0.5) is 0 Å². The van der Waals surface area contributed by atoms with Crippen molar-refractivity contribution in [3.8, 4) is 0 Å². The zero-order valence-corrected chi connectivity index (χ0v) is 9.21. The van der Waals surface area contributed by atoms with Crippen molar-refractivity contribution in [2.24, 2.45) is 0 Å². The quantitative estimate of drug-likeness (QED) is 0.747. The third-order valence-electron chi connectivity index (χ3n) is 3.10. The first-order chi connectivity index (χ1) is 7.11. The second-order valence-corrected chi connectivity index (χ2v) is 4.25. The fourth-order valence-corrected chi connectivity index (χ4v) is 2.32. The molecule has 15 heavy (non-hydrogen) atoms. The lowest BCUT2D eigenvalue weighted by Crippen LogP contribution is -2.03. The Morgan fingerprint density at radius 2 is 2.00 bits per heavy atom. The topological polar surface area (TPSA) is 37.3 Å². The van der Waals surface area contributed by atoms with Gasteiger partial charge < -0.3 is 5.11 Å². The van der Waals surface area contributed by atoms with Crippen molar-refractivity contribution in [2.45, 2.75) is 39.2 Å². The molecule has 0 saturated carbocycles. The minimum Gasteiger partial charge on any atom is -0.392 e. The average Bonchev–Trinajstić information content (AvgIpc) is 2.54. The van der Waals surface area contributed by atoms with Crippen LogP contribution in [-0.4, -0.2) is 17.0 Å². The van der Waals surface area contributed by atoms with E-state index in [1.807, 2.05) is 6.07 Å². The van der Waals surface area contributed by atoms with Crippen LogP contribution in [0.25, 0.3) is 0 Å². The van der Waals surface area contributed by atoms with E-state index in [2.05, 4.69) is 13.0 Å². The summed E-state index contributed by atoms with van der Waals surface area (Å²) in [5, 5.41) is 9.56. The van der Waals surface area contributed by atoms with Gasteiger partial charge >= 0.3 is 0 Å². The molecule has 2 nitrogen and oxygen atoms in total. The first kappa shape index (κ1) is 10.4. The third-order valence-corrected chi connectivity index (χ3v) is 3.10. The van der Waals surface area contributed by atoms with E-state index in [1.165, 1.54) is 5.56 Å². The minimum absolute atomic E-state index is 0.121. The van der Waals surface area contributed by atoms with E-state index in [9.17, 15) is 9.90 Å². The van der Waals surface area contributed by atoms with E-state index >= 15 is 0 Å². The van der Waals surface area contributed by atoms with Gasteiger partial charge in [0.1, 0.15) is 0 Å². The third kappa shape index (κ3) is 1.82. The van der Waals surface area contributed by atoms with Crippen LogP contribution < -0.4 is 0 Å². The maximum atomic E-state index is 11.4. The van der Waals surface area contributed by atoms with Crippen LogP contribution in [-0.2, 0) is 19.3 Å². The number of aryl methyl sites for hydroxylation is 1. The van der Waals surface area contributed by atoms with Crippen molar-refractivity contribution >= 4 is 5.78 Å². The van der Waals surface area contributed by atoms with Gasteiger partial charge in [0, 0.05) is 5.56 Å². The molecule has 1 unspecified atom stereocenters. The molecule has 0 spiro atoms. The van der Waals surface area contributed by atoms with Crippen molar-refractivity contribution in [1.82, 2.24) is 0 Å². The zero-order valence-electron chi connectivity index (χ0n) is 9.21. The summed E-state index contributed by atoms with van der Waals surface area (Å²) < 4.78 is 0. The molecule has 0 bridgehead atoms. The number of aliphatic hydroxyl groups is 1. The standard InChI is InChI=1S/C13H16O2/c1-3-9-4-10-5-12(15)6-11(10)7-13(9)8(2)14/h4,7,12,15H,3,5-6H2,1-2H3. The lowest BCUT2D eigenvalue weighted by molar-refractivity contribution is 0.101. The van der Waals surface area contributed by atoms with Crippen molar-refractivity contribution in [3.63, 3.8) is 0 Å². The molecule has 0 saturated heterocycles. The number of benzene rings is 1. The highest BCUT2D eigenvalue weighted by Gasteiger charge is 2.21. The molecule has 0 heterocycles. The van der Waals surface area contributed by atoms with E-state index in [1.54, 1.807) is 6.92 Å². The van der Waals surface area contributed by atoms with Crippen LogP contribution in [0, 0.1) is 0 Å². The molecule has 1 aromatic rings. The van der Waals surface area contributed by atoms with E-state index < -0.39 is 0 Å². The Labute approximate surface area is 89.9 Å². The summed E-state index contributed by atoms with van der Waals surface area (Å²) in [5.74, 6) is 0.121. The molecule has 0 aliphatic heterocycles. The first-order valence-corrected chi connectivity index (χ1v) is 5.45. The average molecular weight is 204 g/mol. The summed E-state index contributed by atoms with van der Waals surface area (Å²) in [6.07, 6.45) is 2.05. The van der Waals surface area contributed by atoms with E-state index in [0.717, 1.165) is 29.5 Å². The Hall–Kier alpha value is -1.15. The smallest absolute Gasteiger partial charge is 0.160 e. The van der Waals surface area contributed by atoms with Crippen molar-refractivity contribution in [2.75, 3.05) is 0 Å². The SMILES string of the molecule is CCc1cc2c(cc1C(C)=O)CC(O)C2. The van der Waals surface area contributed by atoms with Gasteiger partial charge in [0.15, 0.2) is 5.78 Å². The molecular formula is C13H16O2.